The van der Waals surface area contributed by atoms with E-state index in [0.717, 1.165) is 51.0 Å². The number of nitrogens with zero attached hydrogens (tertiary/aromatic N) is 4. The predicted molar refractivity (Wildman–Crippen MR) is 153 cm³/mol. The van der Waals surface area contributed by atoms with E-state index in [4.69, 9.17) is 9.84 Å². The highest BCUT2D eigenvalue weighted by Crippen LogP contribution is 2.39. The van der Waals surface area contributed by atoms with E-state index >= 15 is 0 Å². The zero-order valence-electron chi connectivity index (χ0n) is 22.3. The average Bonchev–Trinajstić information content (AvgIpc) is 3.50. The lowest BCUT2D eigenvalue weighted by molar-refractivity contribution is 0.194. The third kappa shape index (κ3) is 4.56. The summed E-state index contributed by atoms with van der Waals surface area (Å²) in [5, 5.41) is 8.08. The Hall–Kier alpha value is -4.78. The number of benzene rings is 3. The molecule has 3 heterocycles. The van der Waals surface area contributed by atoms with Gasteiger partial charge in [-0.3, -0.25) is 0 Å². The summed E-state index contributed by atoms with van der Waals surface area (Å²) in [6.45, 7) is 6.95. The van der Waals surface area contributed by atoms with Gasteiger partial charge in [0.2, 0.25) is 0 Å². The number of ether oxygens (including phenoxy) is 1. The van der Waals surface area contributed by atoms with Crippen molar-refractivity contribution in [1.29, 1.82) is 0 Å². The van der Waals surface area contributed by atoms with Gasteiger partial charge in [0.1, 0.15) is 11.6 Å². The Morgan fingerprint density at radius 2 is 1.79 bits per heavy atom. The summed E-state index contributed by atoms with van der Waals surface area (Å²) in [4.78, 5) is 16.0. The number of amides is 2. The van der Waals surface area contributed by atoms with Crippen LogP contribution in [-0.2, 0) is 6.54 Å². The molecule has 2 amide bonds. The first kappa shape index (κ1) is 24.6. The molecule has 0 fully saturated rings. The fraction of sp³-hybridized carbons (Fsp3) is 0.188. The van der Waals surface area contributed by atoms with Crippen molar-refractivity contribution in [1.82, 2.24) is 19.2 Å². The van der Waals surface area contributed by atoms with Crippen LogP contribution in [0.2, 0.25) is 0 Å². The number of hydrogen-bond donors (Lipinski definition) is 1. The maximum absolute atomic E-state index is 14.1. The van der Waals surface area contributed by atoms with Crippen LogP contribution in [0.1, 0.15) is 41.0 Å². The summed E-state index contributed by atoms with van der Waals surface area (Å²) < 4.78 is 9.99. The zero-order valence-corrected chi connectivity index (χ0v) is 22.3. The number of rotatable bonds is 5. The van der Waals surface area contributed by atoms with Crippen LogP contribution in [0.5, 0.6) is 5.75 Å². The first-order chi connectivity index (χ1) is 19.0. The Morgan fingerprint density at radius 1 is 0.974 bits per heavy atom. The summed E-state index contributed by atoms with van der Waals surface area (Å²) in [7, 11) is 0. The molecule has 1 aliphatic heterocycles. The number of aryl methyl sites for hydroxylation is 2. The first-order valence-corrected chi connectivity index (χ1v) is 13.2. The van der Waals surface area contributed by atoms with Crippen LogP contribution in [0.3, 0.4) is 0 Å². The lowest BCUT2D eigenvalue weighted by atomic mass is 10.0. The van der Waals surface area contributed by atoms with E-state index in [-0.39, 0.29) is 12.1 Å². The molecule has 1 N–H and O–H groups in total. The number of urea groups is 1. The standard InChI is InChI=1S/C32H31N5O2/c1-4-39-27-16-9-12-24(20-27)30-29-17-10-18-35(29)31-28(23(3)34-37(31)26-14-6-5-7-15-26)21-36(30)32(38)33-25-13-8-11-22(2)19-25/h5-20,30H,4,21H2,1-3H3,(H,33,38). The quantitative estimate of drug-likeness (QED) is 0.278. The SMILES string of the molecule is CCOc1cccc(C2c3cccn3-c3c(c(C)nn3-c3ccccc3)CN2C(=O)Nc2cccc(C)c2)c1. The third-order valence-electron chi connectivity index (χ3n) is 7.10. The number of carbonyl (C=O) groups is 1. The number of nitrogens with one attached hydrogen (secondary N) is 1. The summed E-state index contributed by atoms with van der Waals surface area (Å²) in [5.41, 5.74) is 6.64. The molecule has 0 bridgehead atoms. The van der Waals surface area contributed by atoms with Crippen molar-refractivity contribution in [2.45, 2.75) is 33.4 Å². The molecule has 3 aromatic carbocycles. The van der Waals surface area contributed by atoms with Gasteiger partial charge in [-0.1, -0.05) is 42.5 Å². The van der Waals surface area contributed by atoms with Gasteiger partial charge in [0.15, 0.2) is 0 Å². The van der Waals surface area contributed by atoms with Crippen molar-refractivity contribution in [2.75, 3.05) is 11.9 Å². The molecule has 6 rings (SSSR count). The van der Waals surface area contributed by atoms with Gasteiger partial charge in [0, 0.05) is 17.4 Å². The summed E-state index contributed by atoms with van der Waals surface area (Å²) in [6.07, 6.45) is 2.05. The highest BCUT2D eigenvalue weighted by Gasteiger charge is 2.36. The minimum absolute atomic E-state index is 0.181. The Morgan fingerprint density at radius 3 is 2.59 bits per heavy atom. The van der Waals surface area contributed by atoms with Gasteiger partial charge in [-0.05, 0) is 80.4 Å². The van der Waals surface area contributed by atoms with Crippen LogP contribution in [-0.4, -0.2) is 31.9 Å². The van der Waals surface area contributed by atoms with Gasteiger partial charge in [-0.25, -0.2) is 9.48 Å². The molecule has 0 radical (unpaired) electrons. The molecule has 1 aliphatic rings. The van der Waals surface area contributed by atoms with E-state index in [1.165, 1.54) is 0 Å². The number of para-hydroxylation sites is 1. The minimum Gasteiger partial charge on any atom is -0.494 e. The average molecular weight is 518 g/mol. The minimum atomic E-state index is -0.360. The van der Waals surface area contributed by atoms with Gasteiger partial charge in [0.05, 0.1) is 36.3 Å². The molecule has 0 spiro atoms. The van der Waals surface area contributed by atoms with Crippen LogP contribution >= 0.6 is 0 Å². The van der Waals surface area contributed by atoms with Crippen molar-refractivity contribution in [2.24, 2.45) is 0 Å². The van der Waals surface area contributed by atoms with E-state index < -0.39 is 0 Å². The molecule has 1 unspecified atom stereocenters. The van der Waals surface area contributed by atoms with E-state index in [1.807, 2.05) is 109 Å². The van der Waals surface area contributed by atoms with Crippen molar-refractivity contribution in [3.8, 4) is 17.3 Å². The molecule has 196 valence electrons. The van der Waals surface area contributed by atoms with Crippen LogP contribution in [0.4, 0.5) is 10.5 Å². The topological polar surface area (TPSA) is 64.3 Å². The summed E-state index contributed by atoms with van der Waals surface area (Å²) in [6, 6.07) is 29.6. The van der Waals surface area contributed by atoms with Gasteiger partial charge < -0.3 is 19.5 Å². The van der Waals surface area contributed by atoms with Crippen molar-refractivity contribution in [3.05, 3.63) is 125 Å². The number of fused-ring (bicyclic) bond motifs is 3. The molecule has 7 nitrogen and oxygen atoms in total. The Bertz CT molecular complexity index is 1640. The highest BCUT2D eigenvalue weighted by molar-refractivity contribution is 5.90. The molecule has 2 aromatic heterocycles. The molecule has 1 atom stereocenters. The van der Waals surface area contributed by atoms with E-state index in [9.17, 15) is 4.79 Å². The van der Waals surface area contributed by atoms with Gasteiger partial charge in [-0.15, -0.1) is 0 Å². The zero-order chi connectivity index (χ0) is 26.9. The lowest BCUT2D eigenvalue weighted by Crippen LogP contribution is -2.38. The Kier molecular flexibility index (Phi) is 6.40. The summed E-state index contributed by atoms with van der Waals surface area (Å²) >= 11 is 0. The monoisotopic (exact) mass is 517 g/mol. The number of hydrogen-bond acceptors (Lipinski definition) is 3. The molecule has 0 saturated heterocycles. The normalized spacial score (nSPS) is 14.3. The Balaban J connectivity index is 1.53. The molecule has 0 aliphatic carbocycles. The van der Waals surface area contributed by atoms with Crippen LogP contribution in [0, 0.1) is 13.8 Å². The second-order valence-electron chi connectivity index (χ2n) is 9.77. The van der Waals surface area contributed by atoms with Gasteiger partial charge in [0.25, 0.3) is 0 Å². The fourth-order valence-electron chi connectivity index (χ4n) is 5.36. The van der Waals surface area contributed by atoms with Gasteiger partial charge in [-0.2, -0.15) is 5.10 Å². The van der Waals surface area contributed by atoms with Crippen LogP contribution in [0.15, 0.2) is 97.2 Å². The maximum atomic E-state index is 14.1. The molecular formula is C32H31N5O2. The van der Waals surface area contributed by atoms with Crippen molar-refractivity contribution < 1.29 is 9.53 Å². The Labute approximate surface area is 228 Å². The molecular weight excluding hydrogens is 486 g/mol. The summed E-state index contributed by atoms with van der Waals surface area (Å²) in [5.74, 6) is 1.72. The van der Waals surface area contributed by atoms with Crippen molar-refractivity contribution in [3.63, 3.8) is 0 Å². The first-order valence-electron chi connectivity index (χ1n) is 13.2. The third-order valence-corrected chi connectivity index (χ3v) is 7.10. The van der Waals surface area contributed by atoms with Crippen LogP contribution in [0.25, 0.3) is 11.5 Å². The molecule has 39 heavy (non-hydrogen) atoms. The van der Waals surface area contributed by atoms with E-state index in [2.05, 4.69) is 28.2 Å². The second kappa shape index (κ2) is 10.2. The van der Waals surface area contributed by atoms with E-state index in [0.29, 0.717) is 13.2 Å². The predicted octanol–water partition coefficient (Wildman–Crippen LogP) is 6.82. The largest absolute Gasteiger partial charge is 0.494 e. The smallest absolute Gasteiger partial charge is 0.322 e. The maximum Gasteiger partial charge on any atom is 0.322 e. The van der Waals surface area contributed by atoms with Gasteiger partial charge >= 0.3 is 6.03 Å². The molecule has 7 heteroatoms. The van der Waals surface area contributed by atoms with Crippen molar-refractivity contribution >= 4 is 11.7 Å². The second-order valence-corrected chi connectivity index (χ2v) is 9.77. The fourth-order valence-corrected chi connectivity index (χ4v) is 5.36. The van der Waals surface area contributed by atoms with Crippen LogP contribution < -0.4 is 10.1 Å². The molecule has 0 saturated carbocycles. The lowest BCUT2D eigenvalue weighted by Gasteiger charge is -2.31. The van der Waals surface area contributed by atoms with E-state index in [1.54, 1.807) is 0 Å². The highest BCUT2D eigenvalue weighted by atomic mass is 16.5. The number of aromatic nitrogens is 3. The number of carbonyl (C=O) groups excluding carboxylic acids is 1. The number of anilines is 1. The molecule has 5 aromatic rings.